The molecule has 0 spiro atoms. The van der Waals surface area contributed by atoms with E-state index in [0.29, 0.717) is 6.42 Å². The molecule has 0 bridgehead atoms. The Bertz CT molecular complexity index is 151. The zero-order valence-corrected chi connectivity index (χ0v) is 6.26. The molecule has 1 heterocycles. The Labute approximate surface area is 60.0 Å². The van der Waals surface area contributed by atoms with Crippen LogP contribution in [0.1, 0.15) is 20.3 Å². The van der Waals surface area contributed by atoms with E-state index in [0.717, 1.165) is 0 Å². The maximum atomic E-state index is 10.9. The Morgan fingerprint density at radius 2 is 2.30 bits per heavy atom. The molecule has 1 aliphatic heterocycles. The Kier molecular flexibility index (Phi) is 1.79. The first-order valence-electron chi connectivity index (χ1n) is 3.36. The summed E-state index contributed by atoms with van der Waals surface area (Å²) in [6, 6.07) is 0. The summed E-state index contributed by atoms with van der Waals surface area (Å²) in [6.45, 7) is 3.83. The van der Waals surface area contributed by atoms with Crippen LogP contribution in [0.25, 0.3) is 0 Å². The number of carbonyl (C=O) groups excluding carboxylic acids is 1. The number of hydrogen-bond acceptors (Lipinski definition) is 3. The van der Waals surface area contributed by atoms with Gasteiger partial charge in [-0.2, -0.15) is 0 Å². The van der Waals surface area contributed by atoms with Gasteiger partial charge in [-0.25, -0.2) is 0 Å². The van der Waals surface area contributed by atoms with Gasteiger partial charge in [0, 0.05) is 6.42 Å². The molecule has 0 aromatic heterocycles. The van der Waals surface area contributed by atoms with E-state index in [4.69, 9.17) is 9.84 Å². The van der Waals surface area contributed by atoms with Gasteiger partial charge in [-0.3, -0.25) is 4.79 Å². The van der Waals surface area contributed by atoms with Gasteiger partial charge in [-0.1, -0.05) is 0 Å². The molecule has 1 rings (SSSR count). The van der Waals surface area contributed by atoms with Crippen molar-refractivity contribution in [2.75, 3.05) is 6.61 Å². The van der Waals surface area contributed by atoms with E-state index in [9.17, 15) is 4.79 Å². The van der Waals surface area contributed by atoms with Crippen molar-refractivity contribution in [2.45, 2.75) is 32.0 Å². The molecule has 3 heteroatoms. The van der Waals surface area contributed by atoms with Crippen LogP contribution in [-0.4, -0.2) is 29.2 Å². The second-order valence-corrected chi connectivity index (χ2v) is 3.23. The van der Waals surface area contributed by atoms with Crippen molar-refractivity contribution in [3.05, 3.63) is 0 Å². The molecule has 1 atom stereocenters. The highest BCUT2D eigenvalue weighted by molar-refractivity contribution is 5.84. The minimum Gasteiger partial charge on any atom is -0.383 e. The number of carbonyl (C=O) groups is 1. The molecule has 10 heavy (non-hydrogen) atoms. The van der Waals surface area contributed by atoms with E-state index in [1.165, 1.54) is 0 Å². The monoisotopic (exact) mass is 144 g/mol. The summed E-state index contributed by atoms with van der Waals surface area (Å²) in [5.74, 6) is -0.115. The van der Waals surface area contributed by atoms with Crippen LogP contribution < -0.4 is 0 Å². The molecule has 1 saturated heterocycles. The third kappa shape index (κ3) is 1.55. The largest absolute Gasteiger partial charge is 0.383 e. The third-order valence-corrected chi connectivity index (χ3v) is 1.60. The fourth-order valence-corrected chi connectivity index (χ4v) is 0.986. The number of rotatable bonds is 0. The van der Waals surface area contributed by atoms with E-state index in [-0.39, 0.29) is 18.0 Å². The Hall–Kier alpha value is -0.410. The molecule has 0 radical (unpaired) electrons. The number of ketones is 1. The van der Waals surface area contributed by atoms with Crippen LogP contribution in [0.2, 0.25) is 0 Å². The van der Waals surface area contributed by atoms with Crippen LogP contribution in [0.4, 0.5) is 0 Å². The molecule has 1 fully saturated rings. The lowest BCUT2D eigenvalue weighted by molar-refractivity contribution is -0.153. The fourth-order valence-electron chi connectivity index (χ4n) is 0.986. The van der Waals surface area contributed by atoms with Crippen LogP contribution in [0, 0.1) is 0 Å². The van der Waals surface area contributed by atoms with Crippen molar-refractivity contribution < 1.29 is 14.6 Å². The SMILES string of the molecule is CC1(C)CC(=O)C(O)CO1. The van der Waals surface area contributed by atoms with Gasteiger partial charge in [0.1, 0.15) is 6.10 Å². The van der Waals surface area contributed by atoms with Gasteiger partial charge in [0.25, 0.3) is 0 Å². The average Bonchev–Trinajstić information content (AvgIpc) is 1.79. The Morgan fingerprint density at radius 1 is 1.70 bits per heavy atom. The second kappa shape index (κ2) is 2.32. The summed E-state index contributed by atoms with van der Waals surface area (Å²) < 4.78 is 5.18. The zero-order chi connectivity index (χ0) is 7.78. The van der Waals surface area contributed by atoms with Crippen LogP contribution in [0.5, 0.6) is 0 Å². The predicted octanol–water partition coefficient (Wildman–Crippen LogP) is 0.115. The number of aliphatic hydroxyl groups excluding tert-OH is 1. The second-order valence-electron chi connectivity index (χ2n) is 3.23. The van der Waals surface area contributed by atoms with Gasteiger partial charge in [0.05, 0.1) is 12.2 Å². The maximum Gasteiger partial charge on any atom is 0.166 e. The molecule has 0 aliphatic carbocycles. The summed E-state index contributed by atoms with van der Waals surface area (Å²) in [4.78, 5) is 10.9. The Balaban J connectivity index is 2.57. The van der Waals surface area contributed by atoms with E-state index >= 15 is 0 Å². The van der Waals surface area contributed by atoms with Crippen LogP contribution in [0.3, 0.4) is 0 Å². The lowest BCUT2D eigenvalue weighted by atomic mass is 9.96. The molecule has 0 aromatic rings. The van der Waals surface area contributed by atoms with Crippen LogP contribution >= 0.6 is 0 Å². The van der Waals surface area contributed by atoms with Crippen LogP contribution in [-0.2, 0) is 9.53 Å². The highest BCUT2D eigenvalue weighted by Crippen LogP contribution is 2.20. The zero-order valence-electron chi connectivity index (χ0n) is 6.26. The highest BCUT2D eigenvalue weighted by atomic mass is 16.5. The lowest BCUT2D eigenvalue weighted by Gasteiger charge is -2.31. The van der Waals surface area contributed by atoms with Crippen molar-refractivity contribution in [2.24, 2.45) is 0 Å². The first kappa shape index (κ1) is 7.69. The molecule has 1 N–H and O–H groups in total. The summed E-state index contributed by atoms with van der Waals surface area (Å²) in [6.07, 6.45) is -0.582. The number of Topliss-reactive ketones (excluding diaryl/α,β-unsaturated/α-hetero) is 1. The Morgan fingerprint density at radius 3 is 2.70 bits per heavy atom. The molecule has 1 unspecified atom stereocenters. The van der Waals surface area contributed by atoms with Gasteiger partial charge in [-0.15, -0.1) is 0 Å². The van der Waals surface area contributed by atoms with Crippen molar-refractivity contribution >= 4 is 5.78 Å². The minimum absolute atomic E-state index is 0.115. The normalized spacial score (nSPS) is 32.3. The molecule has 1 aliphatic rings. The standard InChI is InChI=1S/C7H12O3/c1-7(2)3-5(8)6(9)4-10-7/h6,9H,3-4H2,1-2H3. The van der Waals surface area contributed by atoms with E-state index in [2.05, 4.69) is 0 Å². The van der Waals surface area contributed by atoms with Gasteiger partial charge in [0.15, 0.2) is 5.78 Å². The summed E-state index contributed by atoms with van der Waals surface area (Å²) in [7, 11) is 0. The average molecular weight is 144 g/mol. The summed E-state index contributed by atoms with van der Waals surface area (Å²) in [5.41, 5.74) is -0.379. The predicted molar refractivity (Wildman–Crippen MR) is 35.7 cm³/mol. The highest BCUT2D eigenvalue weighted by Gasteiger charge is 2.32. The fraction of sp³-hybridized carbons (Fsp3) is 0.857. The molecular weight excluding hydrogens is 132 g/mol. The minimum atomic E-state index is -0.895. The molecule has 0 saturated carbocycles. The van der Waals surface area contributed by atoms with Crippen molar-refractivity contribution in [3.8, 4) is 0 Å². The van der Waals surface area contributed by atoms with E-state index in [1.54, 1.807) is 0 Å². The number of hydrogen-bond donors (Lipinski definition) is 1. The third-order valence-electron chi connectivity index (χ3n) is 1.60. The molecule has 3 nitrogen and oxygen atoms in total. The molecular formula is C7H12O3. The van der Waals surface area contributed by atoms with Gasteiger partial charge in [-0.05, 0) is 13.8 Å². The van der Waals surface area contributed by atoms with Crippen molar-refractivity contribution in [1.82, 2.24) is 0 Å². The first-order chi connectivity index (χ1) is 4.51. The van der Waals surface area contributed by atoms with Gasteiger partial charge < -0.3 is 9.84 Å². The number of ether oxygens (including phenoxy) is 1. The van der Waals surface area contributed by atoms with Gasteiger partial charge in [0.2, 0.25) is 0 Å². The van der Waals surface area contributed by atoms with Gasteiger partial charge >= 0.3 is 0 Å². The van der Waals surface area contributed by atoms with E-state index < -0.39 is 6.10 Å². The van der Waals surface area contributed by atoms with Crippen molar-refractivity contribution in [1.29, 1.82) is 0 Å². The van der Waals surface area contributed by atoms with Crippen molar-refractivity contribution in [3.63, 3.8) is 0 Å². The van der Waals surface area contributed by atoms with E-state index in [1.807, 2.05) is 13.8 Å². The lowest BCUT2D eigenvalue weighted by Crippen LogP contribution is -2.43. The summed E-state index contributed by atoms with van der Waals surface area (Å²) >= 11 is 0. The maximum absolute atomic E-state index is 10.9. The number of aliphatic hydroxyl groups is 1. The quantitative estimate of drug-likeness (QED) is 0.525. The molecule has 0 aromatic carbocycles. The first-order valence-corrected chi connectivity index (χ1v) is 3.36. The smallest absolute Gasteiger partial charge is 0.166 e. The summed E-state index contributed by atoms with van der Waals surface area (Å²) in [5, 5.41) is 8.94. The van der Waals surface area contributed by atoms with Crippen LogP contribution in [0.15, 0.2) is 0 Å². The molecule has 0 amide bonds. The molecule has 58 valence electrons. The topological polar surface area (TPSA) is 46.5 Å².